The van der Waals surface area contributed by atoms with E-state index in [-0.39, 0.29) is 0 Å². The lowest BCUT2D eigenvalue weighted by Gasteiger charge is -2.11. The van der Waals surface area contributed by atoms with E-state index in [2.05, 4.69) is 10.5 Å². The van der Waals surface area contributed by atoms with E-state index in [1.165, 1.54) is 13.3 Å². The van der Waals surface area contributed by atoms with E-state index in [0.29, 0.717) is 40.5 Å². The number of hydrogen-bond donors (Lipinski definition) is 1. The Labute approximate surface area is 193 Å². The standard InChI is InChI=1S/C26H26N2O5/c1-5-32-24-15-19(9-13-22(24)33-26(30)20-10-6-17(2)7-11-20)16-27-28-25(29)21-12-8-18(3)14-23(21)31-4/h6-16H,5H2,1-4H3,(H,28,29)/b27-16-. The van der Waals surface area contributed by atoms with Gasteiger partial charge in [-0.2, -0.15) is 5.10 Å². The van der Waals surface area contributed by atoms with Gasteiger partial charge in [0.25, 0.3) is 5.91 Å². The van der Waals surface area contributed by atoms with Crippen LogP contribution in [0.5, 0.6) is 17.2 Å². The Bertz CT molecular complexity index is 1170. The second kappa shape index (κ2) is 10.9. The fourth-order valence-corrected chi connectivity index (χ4v) is 3.02. The van der Waals surface area contributed by atoms with E-state index in [0.717, 1.165) is 11.1 Å². The first-order valence-corrected chi connectivity index (χ1v) is 10.4. The predicted octanol–water partition coefficient (Wildman–Crippen LogP) is 4.69. The van der Waals surface area contributed by atoms with Crippen molar-refractivity contribution in [1.29, 1.82) is 0 Å². The molecule has 0 aromatic heterocycles. The normalized spacial score (nSPS) is 10.7. The van der Waals surface area contributed by atoms with Gasteiger partial charge in [0.1, 0.15) is 5.75 Å². The molecule has 0 heterocycles. The number of hydrazone groups is 1. The first-order chi connectivity index (χ1) is 15.9. The van der Waals surface area contributed by atoms with Crippen molar-refractivity contribution in [2.45, 2.75) is 20.8 Å². The van der Waals surface area contributed by atoms with Gasteiger partial charge >= 0.3 is 5.97 Å². The number of carbonyl (C=O) groups excluding carboxylic acids is 2. The Hall–Kier alpha value is -4.13. The molecule has 170 valence electrons. The lowest BCUT2D eigenvalue weighted by Crippen LogP contribution is -2.18. The fourth-order valence-electron chi connectivity index (χ4n) is 3.02. The molecule has 0 atom stereocenters. The first kappa shape index (κ1) is 23.5. The third-order valence-corrected chi connectivity index (χ3v) is 4.74. The SMILES string of the molecule is CCOc1cc(/C=N\NC(=O)c2ccc(C)cc2OC)ccc1OC(=O)c1ccc(C)cc1. The van der Waals surface area contributed by atoms with Crippen molar-refractivity contribution >= 4 is 18.1 Å². The van der Waals surface area contributed by atoms with Crippen molar-refractivity contribution in [2.24, 2.45) is 5.10 Å². The van der Waals surface area contributed by atoms with Gasteiger partial charge in [0.15, 0.2) is 11.5 Å². The second-order valence-electron chi connectivity index (χ2n) is 7.30. The minimum Gasteiger partial charge on any atom is -0.496 e. The van der Waals surface area contributed by atoms with Gasteiger partial charge in [0.05, 0.1) is 31.1 Å². The van der Waals surface area contributed by atoms with Gasteiger partial charge in [0, 0.05) is 0 Å². The van der Waals surface area contributed by atoms with E-state index >= 15 is 0 Å². The van der Waals surface area contributed by atoms with Crippen LogP contribution in [0.15, 0.2) is 65.8 Å². The topological polar surface area (TPSA) is 86.2 Å². The minimum absolute atomic E-state index is 0.299. The highest BCUT2D eigenvalue weighted by Crippen LogP contribution is 2.29. The van der Waals surface area contributed by atoms with E-state index in [1.54, 1.807) is 42.5 Å². The van der Waals surface area contributed by atoms with Crippen LogP contribution in [-0.2, 0) is 0 Å². The maximum Gasteiger partial charge on any atom is 0.343 e. The zero-order chi connectivity index (χ0) is 23.8. The van der Waals surface area contributed by atoms with E-state index < -0.39 is 11.9 Å². The zero-order valence-electron chi connectivity index (χ0n) is 19.0. The monoisotopic (exact) mass is 446 g/mol. The van der Waals surface area contributed by atoms with Crippen LogP contribution in [0.1, 0.15) is 44.3 Å². The number of hydrogen-bond acceptors (Lipinski definition) is 6. The van der Waals surface area contributed by atoms with E-state index in [9.17, 15) is 9.59 Å². The lowest BCUT2D eigenvalue weighted by molar-refractivity contribution is 0.0728. The molecule has 0 unspecified atom stereocenters. The molecular weight excluding hydrogens is 420 g/mol. The maximum atomic E-state index is 12.5. The number of carbonyl (C=O) groups is 2. The molecular formula is C26H26N2O5. The fraction of sp³-hybridized carbons (Fsp3) is 0.192. The molecule has 0 radical (unpaired) electrons. The van der Waals surface area contributed by atoms with Crippen LogP contribution in [0, 0.1) is 13.8 Å². The van der Waals surface area contributed by atoms with Crippen LogP contribution in [0.25, 0.3) is 0 Å². The van der Waals surface area contributed by atoms with Crippen molar-refractivity contribution in [3.05, 3.63) is 88.5 Å². The molecule has 7 nitrogen and oxygen atoms in total. The molecule has 7 heteroatoms. The summed E-state index contributed by atoms with van der Waals surface area (Å²) in [5.74, 6) is 0.302. The molecule has 1 N–H and O–H groups in total. The van der Waals surface area contributed by atoms with Crippen LogP contribution in [0.4, 0.5) is 0 Å². The second-order valence-corrected chi connectivity index (χ2v) is 7.30. The van der Waals surface area contributed by atoms with Gasteiger partial charge in [0.2, 0.25) is 0 Å². The third-order valence-electron chi connectivity index (χ3n) is 4.74. The van der Waals surface area contributed by atoms with E-state index in [1.807, 2.05) is 39.0 Å². The molecule has 0 bridgehead atoms. The van der Waals surface area contributed by atoms with Crippen LogP contribution in [0.2, 0.25) is 0 Å². The number of nitrogens with zero attached hydrogens (tertiary/aromatic N) is 1. The molecule has 0 fully saturated rings. The number of aryl methyl sites for hydroxylation is 2. The van der Waals surface area contributed by atoms with Gasteiger partial charge in [-0.05, 0) is 74.4 Å². The molecule has 0 spiro atoms. The van der Waals surface area contributed by atoms with Crippen LogP contribution >= 0.6 is 0 Å². The molecule has 3 aromatic carbocycles. The Morgan fingerprint density at radius 2 is 1.64 bits per heavy atom. The van der Waals surface area contributed by atoms with Crippen molar-refractivity contribution < 1.29 is 23.8 Å². The van der Waals surface area contributed by atoms with Crippen LogP contribution < -0.4 is 19.6 Å². The Balaban J connectivity index is 1.72. The summed E-state index contributed by atoms with van der Waals surface area (Å²) in [6, 6.07) is 17.4. The van der Waals surface area contributed by atoms with Crippen molar-refractivity contribution in [3.8, 4) is 17.2 Å². The molecule has 33 heavy (non-hydrogen) atoms. The number of nitrogens with one attached hydrogen (secondary N) is 1. The predicted molar refractivity (Wildman–Crippen MR) is 127 cm³/mol. The largest absolute Gasteiger partial charge is 0.496 e. The molecule has 0 aliphatic heterocycles. The van der Waals surface area contributed by atoms with E-state index in [4.69, 9.17) is 14.2 Å². The van der Waals surface area contributed by atoms with Crippen molar-refractivity contribution in [3.63, 3.8) is 0 Å². The highest BCUT2D eigenvalue weighted by molar-refractivity contribution is 5.97. The Morgan fingerprint density at radius 3 is 2.33 bits per heavy atom. The summed E-state index contributed by atoms with van der Waals surface area (Å²) in [5, 5.41) is 4.02. The molecule has 0 saturated heterocycles. The number of ether oxygens (including phenoxy) is 3. The smallest absolute Gasteiger partial charge is 0.343 e. The molecule has 0 aliphatic rings. The number of methoxy groups -OCH3 is 1. The minimum atomic E-state index is -0.475. The summed E-state index contributed by atoms with van der Waals surface area (Å²) < 4.78 is 16.4. The molecule has 0 aliphatic carbocycles. The van der Waals surface area contributed by atoms with Gasteiger partial charge in [-0.25, -0.2) is 10.2 Å². The average molecular weight is 447 g/mol. The van der Waals surface area contributed by atoms with Crippen LogP contribution in [0.3, 0.4) is 0 Å². The summed E-state index contributed by atoms with van der Waals surface area (Å²) in [5.41, 5.74) is 6.02. The molecule has 1 amide bonds. The summed E-state index contributed by atoms with van der Waals surface area (Å²) in [6.45, 7) is 6.09. The summed E-state index contributed by atoms with van der Waals surface area (Å²) in [4.78, 5) is 24.9. The number of esters is 1. The lowest BCUT2D eigenvalue weighted by atomic mass is 10.1. The first-order valence-electron chi connectivity index (χ1n) is 10.4. The molecule has 0 saturated carbocycles. The Kier molecular flexibility index (Phi) is 7.81. The van der Waals surface area contributed by atoms with Crippen molar-refractivity contribution in [1.82, 2.24) is 5.43 Å². The molecule has 3 aromatic rings. The number of rotatable bonds is 8. The number of benzene rings is 3. The van der Waals surface area contributed by atoms with Gasteiger partial charge in [-0.1, -0.05) is 23.8 Å². The molecule has 3 rings (SSSR count). The maximum absolute atomic E-state index is 12.5. The summed E-state index contributed by atoms with van der Waals surface area (Å²) in [7, 11) is 1.51. The van der Waals surface area contributed by atoms with Gasteiger partial charge in [-0.3, -0.25) is 4.79 Å². The summed E-state index contributed by atoms with van der Waals surface area (Å²) in [6.07, 6.45) is 1.48. The highest BCUT2D eigenvalue weighted by atomic mass is 16.6. The van der Waals surface area contributed by atoms with Gasteiger partial charge < -0.3 is 14.2 Å². The zero-order valence-corrected chi connectivity index (χ0v) is 19.0. The van der Waals surface area contributed by atoms with Crippen LogP contribution in [-0.4, -0.2) is 31.8 Å². The van der Waals surface area contributed by atoms with Crippen molar-refractivity contribution in [2.75, 3.05) is 13.7 Å². The Morgan fingerprint density at radius 1 is 0.909 bits per heavy atom. The quantitative estimate of drug-likeness (QED) is 0.235. The third kappa shape index (κ3) is 6.20. The van der Waals surface area contributed by atoms with Gasteiger partial charge in [-0.15, -0.1) is 0 Å². The highest BCUT2D eigenvalue weighted by Gasteiger charge is 2.14. The number of amides is 1. The average Bonchev–Trinajstić information content (AvgIpc) is 2.81. The summed E-state index contributed by atoms with van der Waals surface area (Å²) >= 11 is 0.